The van der Waals surface area contributed by atoms with E-state index in [2.05, 4.69) is 10.3 Å². The van der Waals surface area contributed by atoms with Crippen molar-refractivity contribution in [2.75, 3.05) is 0 Å². The molecule has 1 aliphatic carbocycles. The maximum Gasteiger partial charge on any atom is 0.269 e. The van der Waals surface area contributed by atoms with E-state index in [0.29, 0.717) is 16.4 Å². The lowest BCUT2D eigenvalue weighted by Gasteiger charge is -2.22. The van der Waals surface area contributed by atoms with Crippen LogP contribution in [0.2, 0.25) is 5.02 Å². The van der Waals surface area contributed by atoms with Crippen LogP contribution < -0.4 is 15.6 Å². The average Bonchev–Trinajstić information content (AvgIpc) is 2.82. The van der Waals surface area contributed by atoms with E-state index in [0.717, 1.165) is 37.7 Å². The van der Waals surface area contributed by atoms with Crippen molar-refractivity contribution in [2.24, 2.45) is 0 Å². The Balaban J connectivity index is 1.81. The van der Waals surface area contributed by atoms with E-state index in [-0.39, 0.29) is 23.1 Å². The van der Waals surface area contributed by atoms with Crippen LogP contribution in [0, 0.1) is 18.3 Å². The number of nitriles is 1. The molecule has 0 unspecified atom stereocenters. The molecule has 1 aromatic carbocycles. The van der Waals surface area contributed by atoms with Crippen LogP contribution in [-0.2, 0) is 4.79 Å². The predicted octanol–water partition coefficient (Wildman–Crippen LogP) is 4.80. The number of hydrogen-bond acceptors (Lipinski definition) is 5. The number of para-hydroxylation sites is 1. The smallest absolute Gasteiger partial charge is 0.269 e. The number of rotatable bonds is 5. The molecule has 2 heterocycles. The van der Waals surface area contributed by atoms with Gasteiger partial charge in [0.05, 0.1) is 5.02 Å². The van der Waals surface area contributed by atoms with Gasteiger partial charge >= 0.3 is 0 Å². The minimum Gasteiger partial charge on any atom is -0.437 e. The standard InChI is InChI=1S/C25H23ClN4O3/c1-16-8-7-13-30-22(16)29-24(33-21-12-6-5-11-20(21)26)19(25(30)32)14-17(15-27)23(31)28-18-9-3-2-4-10-18/h5-8,11-14,18H,2-4,9-10H2,1H3,(H,28,31)/b17-14+. The summed E-state index contributed by atoms with van der Waals surface area (Å²) in [4.78, 5) is 30.7. The lowest BCUT2D eigenvalue weighted by atomic mass is 9.95. The fraction of sp³-hybridized carbons (Fsp3) is 0.280. The summed E-state index contributed by atoms with van der Waals surface area (Å²) >= 11 is 6.24. The molecule has 1 aliphatic rings. The van der Waals surface area contributed by atoms with Crippen molar-refractivity contribution in [2.45, 2.75) is 45.1 Å². The number of halogens is 1. The van der Waals surface area contributed by atoms with Gasteiger partial charge in [-0.1, -0.05) is 49.1 Å². The van der Waals surface area contributed by atoms with Gasteiger partial charge in [-0.05, 0) is 49.6 Å². The molecule has 0 bridgehead atoms. The van der Waals surface area contributed by atoms with Gasteiger partial charge < -0.3 is 10.1 Å². The number of nitrogens with zero attached hydrogens (tertiary/aromatic N) is 3. The first-order chi connectivity index (χ1) is 16.0. The van der Waals surface area contributed by atoms with E-state index >= 15 is 0 Å². The quantitative estimate of drug-likeness (QED) is 0.433. The van der Waals surface area contributed by atoms with E-state index in [1.165, 1.54) is 10.5 Å². The minimum atomic E-state index is -0.512. The Morgan fingerprint density at radius 1 is 1.24 bits per heavy atom. The average molecular weight is 463 g/mol. The van der Waals surface area contributed by atoms with E-state index in [1.807, 2.05) is 19.1 Å². The highest BCUT2D eigenvalue weighted by molar-refractivity contribution is 6.32. The Morgan fingerprint density at radius 3 is 2.73 bits per heavy atom. The number of fused-ring (bicyclic) bond motifs is 1. The van der Waals surface area contributed by atoms with Crippen LogP contribution in [0.25, 0.3) is 11.7 Å². The fourth-order valence-corrected chi connectivity index (χ4v) is 4.10. The molecule has 0 spiro atoms. The van der Waals surface area contributed by atoms with E-state index in [9.17, 15) is 14.9 Å². The Hall–Kier alpha value is -3.63. The summed E-state index contributed by atoms with van der Waals surface area (Å²) in [6.07, 6.45) is 7.82. The van der Waals surface area contributed by atoms with E-state index < -0.39 is 11.5 Å². The topological polar surface area (TPSA) is 96.5 Å². The second kappa shape index (κ2) is 9.88. The number of carbonyl (C=O) groups excluding carboxylic acids is 1. The summed E-state index contributed by atoms with van der Waals surface area (Å²) in [5.41, 5.74) is 0.532. The maximum absolute atomic E-state index is 13.4. The lowest BCUT2D eigenvalue weighted by molar-refractivity contribution is -0.117. The van der Waals surface area contributed by atoms with Crippen LogP contribution >= 0.6 is 11.6 Å². The van der Waals surface area contributed by atoms with E-state index in [4.69, 9.17) is 16.3 Å². The van der Waals surface area contributed by atoms with Crippen molar-refractivity contribution in [3.63, 3.8) is 0 Å². The highest BCUT2D eigenvalue weighted by atomic mass is 35.5. The van der Waals surface area contributed by atoms with Gasteiger partial charge in [-0.2, -0.15) is 10.2 Å². The SMILES string of the molecule is Cc1cccn2c(=O)c(/C=C(\C#N)C(=O)NC3CCCCC3)c(Oc3ccccc3Cl)nc12. The van der Waals surface area contributed by atoms with Crippen LogP contribution in [0.1, 0.15) is 43.2 Å². The Kier molecular flexibility index (Phi) is 6.76. The van der Waals surface area contributed by atoms with Crippen LogP contribution in [0.3, 0.4) is 0 Å². The minimum absolute atomic E-state index is 0.00614. The molecule has 8 heteroatoms. The third-order valence-electron chi connectivity index (χ3n) is 5.69. The summed E-state index contributed by atoms with van der Waals surface area (Å²) in [6.45, 7) is 1.83. The number of aromatic nitrogens is 2. The van der Waals surface area contributed by atoms with Gasteiger partial charge in [0, 0.05) is 12.2 Å². The van der Waals surface area contributed by atoms with Gasteiger partial charge in [-0.3, -0.25) is 14.0 Å². The number of amides is 1. The Morgan fingerprint density at radius 2 is 2.00 bits per heavy atom. The van der Waals surface area contributed by atoms with Crippen molar-refractivity contribution < 1.29 is 9.53 Å². The summed E-state index contributed by atoms with van der Waals surface area (Å²) < 4.78 is 7.29. The Labute approximate surface area is 196 Å². The van der Waals surface area contributed by atoms with Crippen molar-refractivity contribution in [3.8, 4) is 17.7 Å². The molecule has 0 aliphatic heterocycles. The van der Waals surface area contributed by atoms with Gasteiger partial charge in [-0.15, -0.1) is 0 Å². The fourth-order valence-electron chi connectivity index (χ4n) is 3.93. The van der Waals surface area contributed by atoms with Crippen molar-refractivity contribution in [1.82, 2.24) is 14.7 Å². The van der Waals surface area contributed by atoms with Crippen LogP contribution in [-0.4, -0.2) is 21.3 Å². The van der Waals surface area contributed by atoms with Crippen LogP contribution in [0.5, 0.6) is 11.6 Å². The van der Waals surface area contributed by atoms with Gasteiger partial charge in [0.1, 0.15) is 28.6 Å². The summed E-state index contributed by atoms with van der Waals surface area (Å²) in [5, 5.41) is 12.9. The number of pyridine rings is 1. The molecule has 168 valence electrons. The Bertz CT molecular complexity index is 1330. The van der Waals surface area contributed by atoms with Crippen molar-refractivity contribution in [3.05, 3.63) is 74.7 Å². The zero-order valence-corrected chi connectivity index (χ0v) is 18.9. The second-order valence-electron chi connectivity index (χ2n) is 8.03. The number of benzene rings is 1. The molecule has 33 heavy (non-hydrogen) atoms. The molecular weight excluding hydrogens is 440 g/mol. The normalized spacial score (nSPS) is 14.6. The molecule has 1 saturated carbocycles. The first-order valence-corrected chi connectivity index (χ1v) is 11.2. The van der Waals surface area contributed by atoms with Gasteiger partial charge in [-0.25, -0.2) is 0 Å². The zero-order valence-electron chi connectivity index (χ0n) is 18.2. The van der Waals surface area contributed by atoms with Gasteiger partial charge in [0.2, 0.25) is 5.88 Å². The lowest BCUT2D eigenvalue weighted by Crippen LogP contribution is -2.36. The molecule has 1 amide bonds. The number of carbonyl (C=O) groups is 1. The molecular formula is C25H23ClN4O3. The highest BCUT2D eigenvalue weighted by Gasteiger charge is 2.21. The second-order valence-corrected chi connectivity index (χ2v) is 8.44. The van der Waals surface area contributed by atoms with E-state index in [1.54, 1.807) is 36.5 Å². The third kappa shape index (κ3) is 4.91. The summed E-state index contributed by atoms with van der Waals surface area (Å²) in [6, 6.07) is 12.3. The molecule has 7 nitrogen and oxygen atoms in total. The van der Waals surface area contributed by atoms with Gasteiger partial charge in [0.15, 0.2) is 0 Å². The maximum atomic E-state index is 13.4. The molecule has 0 radical (unpaired) electrons. The molecule has 3 aromatic rings. The predicted molar refractivity (Wildman–Crippen MR) is 126 cm³/mol. The summed E-state index contributed by atoms with van der Waals surface area (Å²) in [7, 11) is 0. The molecule has 0 atom stereocenters. The first kappa shape index (κ1) is 22.6. The molecule has 1 N–H and O–H groups in total. The molecule has 4 rings (SSSR count). The molecule has 1 fully saturated rings. The number of ether oxygens (including phenoxy) is 1. The summed E-state index contributed by atoms with van der Waals surface area (Å²) in [5.74, 6) is -0.230. The number of aryl methyl sites for hydroxylation is 1. The monoisotopic (exact) mass is 462 g/mol. The third-order valence-corrected chi connectivity index (χ3v) is 6.00. The van der Waals surface area contributed by atoms with Gasteiger partial charge in [0.25, 0.3) is 11.5 Å². The van der Waals surface area contributed by atoms with Crippen molar-refractivity contribution in [1.29, 1.82) is 5.26 Å². The largest absolute Gasteiger partial charge is 0.437 e. The number of hydrogen-bond donors (Lipinski definition) is 1. The van der Waals surface area contributed by atoms with Crippen LogP contribution in [0.4, 0.5) is 0 Å². The number of nitrogens with one attached hydrogen (secondary N) is 1. The first-order valence-electron chi connectivity index (χ1n) is 10.8. The van der Waals surface area contributed by atoms with Crippen molar-refractivity contribution >= 4 is 29.2 Å². The highest BCUT2D eigenvalue weighted by Crippen LogP contribution is 2.30. The molecule has 2 aromatic heterocycles. The zero-order chi connectivity index (χ0) is 23.4. The van der Waals surface area contributed by atoms with Crippen LogP contribution in [0.15, 0.2) is 53.0 Å². The molecule has 0 saturated heterocycles.